The van der Waals surface area contributed by atoms with E-state index in [0.29, 0.717) is 26.1 Å². The Morgan fingerprint density at radius 2 is 0.571 bits per heavy atom. The maximum absolute atomic E-state index is 12.0. The van der Waals surface area contributed by atoms with E-state index in [1.54, 1.807) is 0 Å². The maximum atomic E-state index is 12.0. The van der Waals surface area contributed by atoms with E-state index in [-0.39, 0.29) is 11.9 Å². The Kier molecular flexibility index (Phi) is 41.2. The van der Waals surface area contributed by atoms with Gasteiger partial charge in [0, 0.05) is 12.8 Å². The lowest BCUT2D eigenvalue weighted by Gasteiger charge is -2.06. The Morgan fingerprint density at radius 1 is 0.327 bits per heavy atom. The van der Waals surface area contributed by atoms with Crippen LogP contribution in [0.5, 0.6) is 0 Å². The normalized spacial score (nSPS) is 11.6. The van der Waals surface area contributed by atoms with Gasteiger partial charge >= 0.3 is 11.9 Å². The summed E-state index contributed by atoms with van der Waals surface area (Å²) in [6, 6.07) is 0. The zero-order chi connectivity index (χ0) is 35.6. The summed E-state index contributed by atoms with van der Waals surface area (Å²) >= 11 is 0. The molecule has 0 aromatic carbocycles. The van der Waals surface area contributed by atoms with Crippen molar-refractivity contribution in [3.05, 3.63) is 24.3 Å². The highest BCUT2D eigenvalue weighted by atomic mass is 16.5. The van der Waals surface area contributed by atoms with E-state index in [1.807, 2.05) is 0 Å². The number of unbranched alkanes of at least 4 members (excludes halogenated alkanes) is 28. The van der Waals surface area contributed by atoms with E-state index in [2.05, 4.69) is 38.2 Å². The second kappa shape index (κ2) is 42.6. The molecule has 0 atom stereocenters. The van der Waals surface area contributed by atoms with Crippen LogP contribution in [0.3, 0.4) is 0 Å². The van der Waals surface area contributed by atoms with Gasteiger partial charge in [0.2, 0.25) is 0 Å². The molecule has 0 aliphatic carbocycles. The van der Waals surface area contributed by atoms with E-state index < -0.39 is 0 Å². The summed E-state index contributed by atoms with van der Waals surface area (Å²) < 4.78 is 10.8. The molecule has 0 aromatic rings. The molecule has 0 rings (SSSR count). The Bertz CT molecular complexity index is 668. The molecule has 288 valence electrons. The summed E-state index contributed by atoms with van der Waals surface area (Å²) in [4.78, 5) is 24.0. The summed E-state index contributed by atoms with van der Waals surface area (Å²) in [6.07, 6.45) is 51.4. The third-order valence-corrected chi connectivity index (χ3v) is 9.60. The Balaban J connectivity index is 3.29. The van der Waals surface area contributed by atoms with Crippen molar-refractivity contribution >= 4 is 11.9 Å². The third-order valence-electron chi connectivity index (χ3n) is 9.60. The fourth-order valence-electron chi connectivity index (χ4n) is 6.28. The monoisotopic (exact) mass is 689 g/mol. The first-order chi connectivity index (χ1) is 24.2. The molecule has 0 saturated carbocycles. The van der Waals surface area contributed by atoms with Crippen molar-refractivity contribution in [1.82, 2.24) is 0 Å². The lowest BCUT2D eigenvalue weighted by Crippen LogP contribution is -2.06. The summed E-state index contributed by atoms with van der Waals surface area (Å²) in [5.41, 5.74) is 0. The van der Waals surface area contributed by atoms with Crippen LogP contribution in [0.2, 0.25) is 0 Å². The molecule has 0 radical (unpaired) electrons. The number of ether oxygens (including phenoxy) is 2. The summed E-state index contributed by atoms with van der Waals surface area (Å²) in [5.74, 6) is -0.106. The second-order valence-electron chi connectivity index (χ2n) is 14.6. The van der Waals surface area contributed by atoms with Gasteiger partial charge in [0.15, 0.2) is 0 Å². The molecule has 4 nitrogen and oxygen atoms in total. The smallest absolute Gasteiger partial charge is 0.305 e. The minimum Gasteiger partial charge on any atom is -0.466 e. The molecule has 49 heavy (non-hydrogen) atoms. The van der Waals surface area contributed by atoms with Crippen molar-refractivity contribution in [2.45, 2.75) is 239 Å². The van der Waals surface area contributed by atoms with Crippen LogP contribution in [0.25, 0.3) is 0 Å². The van der Waals surface area contributed by atoms with E-state index in [0.717, 1.165) is 57.8 Å². The fraction of sp³-hybridized carbons (Fsp3) is 0.867. The van der Waals surface area contributed by atoms with E-state index >= 15 is 0 Å². The molecule has 0 unspecified atom stereocenters. The SMILES string of the molecule is CCCCCCCC/C=C\CCCCCCCCOC(=O)CCCCCCCC(=O)OCCCCCCCC/C=C\CCCCCCCC. The van der Waals surface area contributed by atoms with Gasteiger partial charge in [-0.1, -0.05) is 173 Å². The van der Waals surface area contributed by atoms with Crippen molar-refractivity contribution < 1.29 is 19.1 Å². The minimum absolute atomic E-state index is 0.0532. The maximum Gasteiger partial charge on any atom is 0.305 e. The summed E-state index contributed by atoms with van der Waals surface area (Å²) in [7, 11) is 0. The van der Waals surface area contributed by atoms with Crippen LogP contribution in [-0.2, 0) is 19.1 Å². The van der Waals surface area contributed by atoms with Crippen LogP contribution in [0.4, 0.5) is 0 Å². The molecule has 0 aliphatic heterocycles. The average molecular weight is 689 g/mol. The number of hydrogen-bond acceptors (Lipinski definition) is 4. The van der Waals surface area contributed by atoms with Gasteiger partial charge in [-0.15, -0.1) is 0 Å². The van der Waals surface area contributed by atoms with Gasteiger partial charge in [0.25, 0.3) is 0 Å². The average Bonchev–Trinajstić information content (AvgIpc) is 3.10. The Morgan fingerprint density at radius 3 is 0.878 bits per heavy atom. The number of carbonyl (C=O) groups excluding carboxylic acids is 2. The van der Waals surface area contributed by atoms with Crippen LogP contribution in [0.1, 0.15) is 239 Å². The number of hydrogen-bond donors (Lipinski definition) is 0. The molecular formula is C45H84O4. The molecule has 0 spiro atoms. The fourth-order valence-corrected chi connectivity index (χ4v) is 6.28. The molecular weight excluding hydrogens is 604 g/mol. The number of esters is 2. The van der Waals surface area contributed by atoms with Crippen LogP contribution >= 0.6 is 0 Å². The second-order valence-corrected chi connectivity index (χ2v) is 14.6. The van der Waals surface area contributed by atoms with Crippen molar-refractivity contribution in [1.29, 1.82) is 0 Å². The van der Waals surface area contributed by atoms with Crippen LogP contribution in [0.15, 0.2) is 24.3 Å². The first kappa shape index (κ1) is 47.4. The standard InChI is InChI=1S/C45H84O4/c1-3-5-7-9-11-13-15-17-19-21-23-25-27-29-34-38-42-48-44(46)40-36-32-31-33-37-41-45(47)49-43-39-35-30-28-26-24-22-20-18-16-14-12-10-8-6-4-2/h17-20H,3-16,21-43H2,1-2H3/b19-17-,20-18-. The molecule has 0 heterocycles. The number of carbonyl (C=O) groups is 2. The predicted octanol–water partition coefficient (Wildman–Crippen LogP) is 14.9. The van der Waals surface area contributed by atoms with E-state index in [9.17, 15) is 9.59 Å². The van der Waals surface area contributed by atoms with Crippen molar-refractivity contribution in [3.63, 3.8) is 0 Å². The topological polar surface area (TPSA) is 52.6 Å². The molecule has 0 bridgehead atoms. The first-order valence-electron chi connectivity index (χ1n) is 21.8. The minimum atomic E-state index is -0.0532. The highest BCUT2D eigenvalue weighted by Crippen LogP contribution is 2.13. The van der Waals surface area contributed by atoms with Crippen LogP contribution in [-0.4, -0.2) is 25.2 Å². The number of rotatable bonds is 40. The molecule has 4 heteroatoms. The molecule has 0 fully saturated rings. The molecule has 0 amide bonds. The van der Waals surface area contributed by atoms with Gasteiger partial charge in [-0.05, 0) is 77.0 Å². The van der Waals surface area contributed by atoms with E-state index in [4.69, 9.17) is 9.47 Å². The number of allylic oxidation sites excluding steroid dienone is 4. The third kappa shape index (κ3) is 42.5. The largest absolute Gasteiger partial charge is 0.466 e. The van der Waals surface area contributed by atoms with Crippen molar-refractivity contribution in [2.24, 2.45) is 0 Å². The van der Waals surface area contributed by atoms with Gasteiger partial charge in [0.05, 0.1) is 13.2 Å². The molecule has 0 N–H and O–H groups in total. The van der Waals surface area contributed by atoms with Gasteiger partial charge in [-0.3, -0.25) is 9.59 Å². The van der Waals surface area contributed by atoms with Gasteiger partial charge in [-0.25, -0.2) is 0 Å². The highest BCUT2D eigenvalue weighted by molar-refractivity contribution is 5.69. The van der Waals surface area contributed by atoms with Gasteiger partial charge in [0.1, 0.15) is 0 Å². The highest BCUT2D eigenvalue weighted by Gasteiger charge is 2.05. The van der Waals surface area contributed by atoms with Crippen molar-refractivity contribution in [2.75, 3.05) is 13.2 Å². The molecule has 0 aromatic heterocycles. The lowest BCUT2D eigenvalue weighted by atomic mass is 10.1. The summed E-state index contributed by atoms with van der Waals surface area (Å²) in [6.45, 7) is 5.69. The van der Waals surface area contributed by atoms with Crippen LogP contribution < -0.4 is 0 Å². The first-order valence-corrected chi connectivity index (χ1v) is 21.8. The lowest BCUT2D eigenvalue weighted by molar-refractivity contribution is -0.144. The molecule has 0 saturated heterocycles. The van der Waals surface area contributed by atoms with Gasteiger partial charge < -0.3 is 9.47 Å². The predicted molar refractivity (Wildman–Crippen MR) is 213 cm³/mol. The quantitative estimate of drug-likeness (QED) is 0.0365. The molecule has 0 aliphatic rings. The zero-order valence-corrected chi connectivity index (χ0v) is 33.1. The summed E-state index contributed by atoms with van der Waals surface area (Å²) in [5, 5.41) is 0. The van der Waals surface area contributed by atoms with Crippen LogP contribution in [0, 0.1) is 0 Å². The van der Waals surface area contributed by atoms with E-state index in [1.165, 1.54) is 154 Å². The van der Waals surface area contributed by atoms with Crippen molar-refractivity contribution in [3.8, 4) is 0 Å². The Labute approximate surface area is 306 Å². The van der Waals surface area contributed by atoms with Gasteiger partial charge in [-0.2, -0.15) is 0 Å². The Hall–Kier alpha value is -1.58. The zero-order valence-electron chi connectivity index (χ0n) is 33.1.